The van der Waals surface area contributed by atoms with Gasteiger partial charge in [0, 0.05) is 67.4 Å². The summed E-state index contributed by atoms with van der Waals surface area (Å²) >= 11 is 0. The zero-order valence-corrected chi connectivity index (χ0v) is 69.6. The molecule has 2 unspecified atom stereocenters. The lowest BCUT2D eigenvalue weighted by atomic mass is 9.82. The molecule has 0 heterocycles. The molecule has 2 aliphatic rings. The highest BCUT2D eigenvalue weighted by Crippen LogP contribution is 2.54. The first-order valence-corrected chi connectivity index (χ1v) is 43.1. The first-order valence-electron chi connectivity index (χ1n) is 43.1. The second-order valence-corrected chi connectivity index (χ2v) is 33.2. The van der Waals surface area contributed by atoms with Gasteiger partial charge in [-0.15, -0.1) is 0 Å². The summed E-state index contributed by atoms with van der Waals surface area (Å²) in [6.07, 6.45) is 7.11. The Labute approximate surface area is 727 Å². The average Bonchev–Trinajstić information content (AvgIpc) is 1.56. The van der Waals surface area contributed by atoms with Crippen LogP contribution in [0, 0.1) is 5.92 Å². The predicted molar refractivity (Wildman–Crippen MR) is 526 cm³/mol. The van der Waals surface area contributed by atoms with Crippen molar-refractivity contribution in [2.24, 2.45) is 5.92 Å². The lowest BCUT2D eigenvalue weighted by molar-refractivity contribution is 0.611. The fourth-order valence-corrected chi connectivity index (χ4v) is 18.8. The summed E-state index contributed by atoms with van der Waals surface area (Å²) in [5.74, 6) is 0.241. The molecule has 0 saturated carbocycles. The Hall–Kier alpha value is -15.6. The van der Waals surface area contributed by atoms with E-state index in [1.807, 2.05) is 0 Å². The third kappa shape index (κ3) is 14.7. The van der Waals surface area contributed by atoms with E-state index in [-0.39, 0.29) is 17.4 Å². The number of hydrogen-bond acceptors (Lipinski definition) is 4. The van der Waals surface area contributed by atoms with Crippen LogP contribution in [0.3, 0.4) is 0 Å². The topological polar surface area (TPSA) is 13.0 Å². The van der Waals surface area contributed by atoms with E-state index in [1.54, 1.807) is 0 Å². The van der Waals surface area contributed by atoms with Crippen LogP contribution in [0.1, 0.15) is 37.5 Å². The van der Waals surface area contributed by atoms with E-state index in [0.717, 1.165) is 107 Å². The molecule has 0 aliphatic heterocycles. The van der Waals surface area contributed by atoms with Gasteiger partial charge < -0.3 is 19.6 Å². The minimum atomic E-state index is -0.336. The van der Waals surface area contributed by atoms with Gasteiger partial charge in [-0.3, -0.25) is 0 Å². The lowest BCUT2D eigenvalue weighted by Gasteiger charge is -2.37. The quantitative estimate of drug-likeness (QED) is 0.0754. The molecule has 4 heteroatoms. The van der Waals surface area contributed by atoms with Gasteiger partial charge in [0.1, 0.15) is 0 Å². The summed E-state index contributed by atoms with van der Waals surface area (Å²) < 4.78 is 0. The summed E-state index contributed by atoms with van der Waals surface area (Å²) in [5.41, 5.74) is 35.8. The van der Waals surface area contributed by atoms with Crippen molar-refractivity contribution in [3.05, 3.63) is 496 Å². The summed E-state index contributed by atoms with van der Waals surface area (Å²) in [6.45, 7) is 7.14. The molecule has 0 radical (unpaired) electrons. The number of hydrogen-bond donors (Lipinski definition) is 0. The molecule has 21 rings (SSSR count). The van der Waals surface area contributed by atoms with Gasteiger partial charge in [0.05, 0.1) is 17.4 Å². The number of nitrogens with zero attached hydrogens (tertiary/aromatic N) is 4. The highest BCUT2D eigenvalue weighted by atomic mass is 15.2. The largest absolute Gasteiger partial charge is 0.334 e. The average molecular weight is 1590 g/mol. The van der Waals surface area contributed by atoms with Crippen LogP contribution in [0.4, 0.5) is 62.6 Å². The van der Waals surface area contributed by atoms with Gasteiger partial charge in [0.2, 0.25) is 0 Å². The fraction of sp³-hybridized carbons (Fsp3) is 0.0500. The SMILES string of the molecule is CC1C=C(c2ccccc2)C=CC1N(c1ccc(-c2ccccc2)cc1)c1ccc(-c2ccc(N(c3ccc(-c4ccccc4)cc3)c3ccc(-c4cccc(-c5cccc(-c6ccc(N(c7ccc8c(c7)C(C)(C)c7cc(N(c9ccc(-c%10ccccc%10)cc9)c9cccc%10ccccc9%10)ccc7-8)c7cccc8ccccc78)cc6)c5)c4)cc3)cc2)cc1. The van der Waals surface area contributed by atoms with E-state index >= 15 is 0 Å². The van der Waals surface area contributed by atoms with Crippen LogP contribution in [-0.4, -0.2) is 6.04 Å². The first-order chi connectivity index (χ1) is 61.1. The zero-order valence-electron chi connectivity index (χ0n) is 69.6. The van der Waals surface area contributed by atoms with Gasteiger partial charge >= 0.3 is 0 Å². The van der Waals surface area contributed by atoms with Crippen LogP contribution >= 0.6 is 0 Å². The zero-order chi connectivity index (χ0) is 83.0. The van der Waals surface area contributed by atoms with E-state index in [4.69, 9.17) is 0 Å². The Morgan fingerprint density at radius 2 is 0.484 bits per heavy atom. The molecule has 19 aromatic carbocycles. The van der Waals surface area contributed by atoms with Crippen LogP contribution in [0.2, 0.25) is 0 Å². The fourth-order valence-electron chi connectivity index (χ4n) is 18.8. The first kappa shape index (κ1) is 75.8. The summed E-state index contributed by atoms with van der Waals surface area (Å²) in [5, 5.41) is 4.79. The summed E-state index contributed by atoms with van der Waals surface area (Å²) in [7, 11) is 0. The highest BCUT2D eigenvalue weighted by molar-refractivity contribution is 6.02. The highest BCUT2D eigenvalue weighted by Gasteiger charge is 2.38. The van der Waals surface area contributed by atoms with E-state index in [0.29, 0.717) is 0 Å². The minimum Gasteiger partial charge on any atom is -0.334 e. The molecule has 0 bridgehead atoms. The standard InChI is InChI=1S/C120H90N4/c1-83-78-101(87-30-14-7-15-31-87)58-77-117(83)122(105-65-48-89(49-66-105)85-26-10-5-11-27-85)106-67-52-92(53-68-106)91-46-61-103(62-47-91)121(102-59-44-88(45-60-102)84-24-8-4-9-25-84)104-63-54-93(55-64-104)97-36-20-38-99(79-97)100-39-21-37-98(80-100)94-56-71-108(72-57-94)124(119-43-23-35-96-33-17-19-41-112(96)119)110-74-76-114-113-75-73-109(81-115(113)120(2,3)116(114)82-110)123(118-42-22-34-95-32-16-18-40-111(95)118)107-69-50-90(51-70-107)86-28-12-6-13-29-86/h4-83,117H,1-3H3. The Morgan fingerprint density at radius 1 is 0.218 bits per heavy atom. The molecule has 590 valence electrons. The second kappa shape index (κ2) is 32.8. The Kier molecular flexibility index (Phi) is 20.1. The van der Waals surface area contributed by atoms with E-state index in [9.17, 15) is 0 Å². The van der Waals surface area contributed by atoms with Crippen LogP contribution < -0.4 is 19.6 Å². The molecule has 2 aliphatic carbocycles. The lowest BCUT2D eigenvalue weighted by Crippen LogP contribution is -2.35. The van der Waals surface area contributed by atoms with Crippen molar-refractivity contribution >= 4 is 89.7 Å². The Morgan fingerprint density at radius 3 is 0.839 bits per heavy atom. The van der Waals surface area contributed by atoms with Crippen molar-refractivity contribution < 1.29 is 0 Å². The van der Waals surface area contributed by atoms with Gasteiger partial charge in [0.15, 0.2) is 0 Å². The van der Waals surface area contributed by atoms with Crippen molar-refractivity contribution in [1.82, 2.24) is 0 Å². The number of benzene rings is 19. The molecular formula is C120H90N4. The van der Waals surface area contributed by atoms with Gasteiger partial charge in [-0.2, -0.15) is 0 Å². The Bertz CT molecular complexity index is 7130. The molecule has 4 nitrogen and oxygen atoms in total. The molecule has 0 saturated heterocycles. The minimum absolute atomic E-state index is 0.101. The predicted octanol–water partition coefficient (Wildman–Crippen LogP) is 33.2. The van der Waals surface area contributed by atoms with Crippen molar-refractivity contribution in [2.45, 2.75) is 32.2 Å². The van der Waals surface area contributed by atoms with Crippen LogP contribution in [0.25, 0.3) is 116 Å². The maximum atomic E-state index is 2.50. The number of anilines is 11. The molecule has 19 aromatic rings. The number of allylic oxidation sites excluding steroid dienone is 2. The molecule has 0 aromatic heterocycles. The third-order valence-electron chi connectivity index (χ3n) is 25.3. The third-order valence-corrected chi connectivity index (χ3v) is 25.3. The maximum absolute atomic E-state index is 2.50. The summed E-state index contributed by atoms with van der Waals surface area (Å²) in [6, 6.07) is 169. The number of fused-ring (bicyclic) bond motifs is 5. The molecule has 0 fully saturated rings. The van der Waals surface area contributed by atoms with Gasteiger partial charge in [0.25, 0.3) is 0 Å². The molecule has 124 heavy (non-hydrogen) atoms. The van der Waals surface area contributed by atoms with E-state index in [2.05, 4.69) is 520 Å². The van der Waals surface area contributed by atoms with Crippen molar-refractivity contribution in [3.63, 3.8) is 0 Å². The van der Waals surface area contributed by atoms with Crippen molar-refractivity contribution in [1.29, 1.82) is 0 Å². The number of rotatable bonds is 20. The van der Waals surface area contributed by atoms with Crippen molar-refractivity contribution in [2.75, 3.05) is 19.6 Å². The normalized spacial score (nSPS) is 13.7. The van der Waals surface area contributed by atoms with Crippen LogP contribution in [0.15, 0.2) is 479 Å². The van der Waals surface area contributed by atoms with E-state index < -0.39 is 0 Å². The molecule has 0 spiro atoms. The molecule has 0 amide bonds. The molecule has 0 N–H and O–H groups in total. The van der Waals surface area contributed by atoms with Crippen LogP contribution in [0.5, 0.6) is 0 Å². The monoisotopic (exact) mass is 1590 g/mol. The van der Waals surface area contributed by atoms with Crippen molar-refractivity contribution in [3.8, 4) is 89.0 Å². The van der Waals surface area contributed by atoms with Gasteiger partial charge in [-0.25, -0.2) is 0 Å². The van der Waals surface area contributed by atoms with E-state index in [1.165, 1.54) is 88.3 Å². The Balaban J connectivity index is 0.555. The smallest absolute Gasteiger partial charge is 0.0585 e. The maximum Gasteiger partial charge on any atom is 0.0585 e. The summed E-state index contributed by atoms with van der Waals surface area (Å²) in [4.78, 5) is 9.78. The van der Waals surface area contributed by atoms with Gasteiger partial charge in [-0.1, -0.05) is 367 Å². The van der Waals surface area contributed by atoms with Gasteiger partial charge in [-0.05, 0) is 261 Å². The second-order valence-electron chi connectivity index (χ2n) is 33.2. The molecule has 2 atom stereocenters. The molecular weight excluding hydrogens is 1500 g/mol. The van der Waals surface area contributed by atoms with Crippen LogP contribution in [-0.2, 0) is 5.41 Å².